The molecular formula is C16H20N2O4S. The van der Waals surface area contributed by atoms with Crippen LogP contribution in [0.2, 0.25) is 0 Å². The number of anilines is 1. The maximum absolute atomic E-state index is 12.2. The fraction of sp³-hybridized carbons (Fsp3) is 0.312. The number of sulfonamides is 1. The van der Waals surface area contributed by atoms with E-state index in [9.17, 15) is 8.42 Å². The number of rotatable bonds is 7. The van der Waals surface area contributed by atoms with Gasteiger partial charge in [0.15, 0.2) is 11.5 Å². The first-order chi connectivity index (χ1) is 10.9. The van der Waals surface area contributed by atoms with Crippen LogP contribution < -0.4 is 14.2 Å². The fourth-order valence-electron chi connectivity index (χ4n) is 2.13. The highest BCUT2D eigenvalue weighted by atomic mass is 32.2. The number of nitrogens with one attached hydrogen (secondary N) is 1. The van der Waals surface area contributed by atoms with Crippen LogP contribution in [0.4, 0.5) is 5.69 Å². The Morgan fingerprint density at radius 3 is 2.48 bits per heavy atom. The number of hydrogen-bond donors (Lipinski definition) is 1. The first-order valence-corrected chi connectivity index (χ1v) is 8.73. The summed E-state index contributed by atoms with van der Waals surface area (Å²) in [5.41, 5.74) is 2.13. The maximum atomic E-state index is 12.2. The number of methoxy groups -OCH3 is 2. The second kappa shape index (κ2) is 7.32. The normalized spacial score (nSPS) is 11.1. The quantitative estimate of drug-likeness (QED) is 0.840. The van der Waals surface area contributed by atoms with Crippen molar-refractivity contribution >= 4 is 15.7 Å². The van der Waals surface area contributed by atoms with E-state index in [1.165, 1.54) is 0 Å². The highest BCUT2D eigenvalue weighted by Crippen LogP contribution is 2.27. The molecule has 7 heteroatoms. The number of aromatic nitrogens is 1. The van der Waals surface area contributed by atoms with Crippen molar-refractivity contribution in [2.45, 2.75) is 13.3 Å². The molecular weight excluding hydrogens is 316 g/mol. The zero-order valence-electron chi connectivity index (χ0n) is 13.4. The lowest BCUT2D eigenvalue weighted by Gasteiger charge is -2.11. The van der Waals surface area contributed by atoms with Crippen molar-refractivity contribution in [1.82, 2.24) is 4.98 Å². The van der Waals surface area contributed by atoms with Gasteiger partial charge in [0.1, 0.15) is 0 Å². The summed E-state index contributed by atoms with van der Waals surface area (Å²) >= 11 is 0. The maximum Gasteiger partial charge on any atom is 0.233 e. The van der Waals surface area contributed by atoms with Crippen LogP contribution in [0, 0.1) is 6.92 Å². The Balaban J connectivity index is 2.04. The van der Waals surface area contributed by atoms with E-state index < -0.39 is 10.0 Å². The summed E-state index contributed by atoms with van der Waals surface area (Å²) in [5.74, 6) is 1.17. The molecule has 2 rings (SSSR count). The van der Waals surface area contributed by atoms with Crippen LogP contribution in [0.3, 0.4) is 0 Å². The van der Waals surface area contributed by atoms with Crippen LogP contribution in [-0.4, -0.2) is 33.4 Å². The standard InChI is InChI=1S/C16H20N2O4S/c1-12-10-14(6-8-17-12)18-23(19,20)9-7-13-4-5-15(21-2)16(11-13)22-3/h4-6,8,10-11H,7,9H2,1-3H3,(H,17,18). The summed E-state index contributed by atoms with van der Waals surface area (Å²) in [5, 5.41) is 0. The first-order valence-electron chi connectivity index (χ1n) is 7.07. The van der Waals surface area contributed by atoms with Gasteiger partial charge in [-0.2, -0.15) is 0 Å². The van der Waals surface area contributed by atoms with Gasteiger partial charge in [0.05, 0.1) is 25.7 Å². The molecule has 1 aromatic carbocycles. The van der Waals surface area contributed by atoms with Crippen molar-refractivity contribution in [1.29, 1.82) is 0 Å². The molecule has 2 aromatic rings. The topological polar surface area (TPSA) is 77.5 Å². The van der Waals surface area contributed by atoms with Crippen LogP contribution >= 0.6 is 0 Å². The minimum absolute atomic E-state index is 0.0240. The molecule has 0 spiro atoms. The van der Waals surface area contributed by atoms with Crippen molar-refractivity contribution in [3.8, 4) is 11.5 Å². The van der Waals surface area contributed by atoms with Crippen molar-refractivity contribution in [2.24, 2.45) is 0 Å². The van der Waals surface area contributed by atoms with Gasteiger partial charge >= 0.3 is 0 Å². The average molecular weight is 336 g/mol. The molecule has 1 heterocycles. The van der Waals surface area contributed by atoms with Crippen LogP contribution in [-0.2, 0) is 16.4 Å². The largest absolute Gasteiger partial charge is 0.493 e. The van der Waals surface area contributed by atoms with Crippen molar-refractivity contribution in [2.75, 3.05) is 24.7 Å². The molecule has 0 aliphatic heterocycles. The lowest BCUT2D eigenvalue weighted by atomic mass is 10.1. The number of nitrogens with zero attached hydrogens (tertiary/aromatic N) is 1. The molecule has 6 nitrogen and oxygen atoms in total. The molecule has 0 aliphatic rings. The summed E-state index contributed by atoms with van der Waals surface area (Å²) in [6.45, 7) is 1.81. The van der Waals surface area contributed by atoms with Gasteiger partial charge in [-0.05, 0) is 43.2 Å². The summed E-state index contributed by atoms with van der Waals surface area (Å²) in [6, 6.07) is 8.69. The van der Waals surface area contributed by atoms with E-state index in [0.717, 1.165) is 11.3 Å². The van der Waals surface area contributed by atoms with Gasteiger partial charge in [0, 0.05) is 11.9 Å². The number of benzene rings is 1. The molecule has 0 saturated carbocycles. The van der Waals surface area contributed by atoms with Gasteiger partial charge in [0.25, 0.3) is 0 Å². The molecule has 0 atom stereocenters. The monoisotopic (exact) mass is 336 g/mol. The van der Waals surface area contributed by atoms with E-state index in [1.54, 1.807) is 51.6 Å². The second-order valence-corrected chi connectivity index (χ2v) is 6.89. The number of aryl methyl sites for hydroxylation is 2. The molecule has 0 amide bonds. The molecule has 23 heavy (non-hydrogen) atoms. The molecule has 0 aliphatic carbocycles. The molecule has 0 fully saturated rings. The number of hydrogen-bond acceptors (Lipinski definition) is 5. The highest BCUT2D eigenvalue weighted by Gasteiger charge is 2.12. The summed E-state index contributed by atoms with van der Waals surface area (Å²) in [6.07, 6.45) is 1.95. The SMILES string of the molecule is COc1ccc(CCS(=O)(=O)Nc2ccnc(C)c2)cc1OC. The summed E-state index contributed by atoms with van der Waals surface area (Å²) in [7, 11) is -0.329. The molecule has 0 unspecified atom stereocenters. The Hall–Kier alpha value is -2.28. The smallest absolute Gasteiger partial charge is 0.233 e. The lowest BCUT2D eigenvalue weighted by Crippen LogP contribution is -2.18. The molecule has 0 saturated heterocycles. The number of ether oxygens (including phenoxy) is 2. The van der Waals surface area contributed by atoms with E-state index in [4.69, 9.17) is 9.47 Å². The van der Waals surface area contributed by atoms with Crippen molar-refractivity contribution in [3.05, 3.63) is 47.8 Å². The minimum Gasteiger partial charge on any atom is -0.493 e. The van der Waals surface area contributed by atoms with Crippen LogP contribution in [0.15, 0.2) is 36.5 Å². The van der Waals surface area contributed by atoms with E-state index in [-0.39, 0.29) is 5.75 Å². The van der Waals surface area contributed by atoms with Gasteiger partial charge in [0.2, 0.25) is 10.0 Å². The third-order valence-electron chi connectivity index (χ3n) is 3.28. The minimum atomic E-state index is -3.43. The van der Waals surface area contributed by atoms with Gasteiger partial charge in [-0.1, -0.05) is 6.07 Å². The molecule has 124 valence electrons. The zero-order chi connectivity index (χ0) is 16.9. The summed E-state index contributed by atoms with van der Waals surface area (Å²) in [4.78, 5) is 4.04. The molecule has 1 N–H and O–H groups in total. The Morgan fingerprint density at radius 1 is 1.09 bits per heavy atom. The van der Waals surface area contributed by atoms with Crippen LogP contribution in [0.1, 0.15) is 11.3 Å². The van der Waals surface area contributed by atoms with Gasteiger partial charge < -0.3 is 9.47 Å². The Kier molecular flexibility index (Phi) is 5.44. The Morgan fingerprint density at radius 2 is 1.83 bits per heavy atom. The van der Waals surface area contributed by atoms with Crippen LogP contribution in [0.5, 0.6) is 11.5 Å². The average Bonchev–Trinajstić information content (AvgIpc) is 2.52. The van der Waals surface area contributed by atoms with E-state index in [1.807, 2.05) is 6.07 Å². The Labute approximate surface area is 136 Å². The molecule has 0 radical (unpaired) electrons. The van der Waals surface area contributed by atoms with Gasteiger partial charge in [-0.25, -0.2) is 8.42 Å². The van der Waals surface area contributed by atoms with Crippen molar-refractivity contribution in [3.63, 3.8) is 0 Å². The Bertz CT molecular complexity index is 775. The third-order valence-corrected chi connectivity index (χ3v) is 4.57. The second-order valence-electron chi connectivity index (χ2n) is 5.05. The zero-order valence-corrected chi connectivity index (χ0v) is 14.2. The summed E-state index contributed by atoms with van der Waals surface area (Å²) < 4.78 is 37.3. The van der Waals surface area contributed by atoms with Crippen LogP contribution in [0.25, 0.3) is 0 Å². The van der Waals surface area contributed by atoms with Gasteiger partial charge in [-0.3, -0.25) is 9.71 Å². The fourth-order valence-corrected chi connectivity index (χ4v) is 3.22. The predicted molar refractivity (Wildman–Crippen MR) is 89.6 cm³/mol. The van der Waals surface area contributed by atoms with E-state index in [0.29, 0.717) is 23.6 Å². The highest BCUT2D eigenvalue weighted by molar-refractivity contribution is 7.92. The van der Waals surface area contributed by atoms with Gasteiger partial charge in [-0.15, -0.1) is 0 Å². The molecule has 0 bridgehead atoms. The van der Waals surface area contributed by atoms with E-state index in [2.05, 4.69) is 9.71 Å². The predicted octanol–water partition coefficient (Wildman–Crippen LogP) is 2.39. The number of pyridine rings is 1. The van der Waals surface area contributed by atoms with E-state index >= 15 is 0 Å². The van der Waals surface area contributed by atoms with Crippen molar-refractivity contribution < 1.29 is 17.9 Å². The molecule has 1 aromatic heterocycles. The third kappa shape index (κ3) is 4.85. The lowest BCUT2D eigenvalue weighted by molar-refractivity contribution is 0.354. The first kappa shape index (κ1) is 17.1.